The van der Waals surface area contributed by atoms with E-state index in [0.29, 0.717) is 0 Å². The van der Waals surface area contributed by atoms with Crippen molar-refractivity contribution >= 4 is 81.6 Å². The second kappa shape index (κ2) is 8.82. The summed E-state index contributed by atoms with van der Waals surface area (Å²) in [5.74, 6) is 0. The van der Waals surface area contributed by atoms with Crippen LogP contribution < -0.4 is 0 Å². The summed E-state index contributed by atoms with van der Waals surface area (Å²) in [6.45, 7) is 0. The van der Waals surface area contributed by atoms with Gasteiger partial charge in [-0.3, -0.25) is 0 Å². The van der Waals surface area contributed by atoms with Crippen molar-refractivity contribution < 1.29 is 4.42 Å². The molecule has 3 heterocycles. The minimum Gasteiger partial charge on any atom is -0.456 e. The van der Waals surface area contributed by atoms with Crippen molar-refractivity contribution in [1.29, 1.82) is 0 Å². The number of nitrogens with zero attached hydrogens (tertiary/aromatic N) is 1. The predicted molar refractivity (Wildman–Crippen MR) is 186 cm³/mol. The molecule has 2 heteroatoms. The normalized spacial score (nSPS) is 12.1. The first-order valence-corrected chi connectivity index (χ1v) is 15.1. The zero-order valence-electron chi connectivity index (χ0n) is 23.8. The molecule has 0 fully saturated rings. The number of hydrogen-bond acceptors (Lipinski definition) is 1. The summed E-state index contributed by atoms with van der Waals surface area (Å²) >= 11 is 0. The smallest absolute Gasteiger partial charge is 0.135 e. The van der Waals surface area contributed by atoms with Crippen molar-refractivity contribution in [3.63, 3.8) is 0 Å². The third kappa shape index (κ3) is 3.20. The number of aromatic nitrogens is 1. The van der Waals surface area contributed by atoms with Crippen LogP contribution >= 0.6 is 0 Å². The zero-order chi connectivity index (χ0) is 28.8. The molecule has 0 atom stereocenters. The fourth-order valence-corrected chi connectivity index (χ4v) is 7.42. The summed E-state index contributed by atoms with van der Waals surface area (Å²) in [5.41, 5.74) is 7.86. The summed E-state index contributed by atoms with van der Waals surface area (Å²) < 4.78 is 8.62. The molecule has 0 aliphatic rings. The molecule has 0 spiro atoms. The van der Waals surface area contributed by atoms with Crippen molar-refractivity contribution in [1.82, 2.24) is 4.40 Å². The molecule has 0 amide bonds. The number of furan rings is 1. The van der Waals surface area contributed by atoms with Gasteiger partial charge in [-0.05, 0) is 69.1 Å². The van der Waals surface area contributed by atoms with E-state index in [4.69, 9.17) is 4.42 Å². The lowest BCUT2D eigenvalue weighted by Gasteiger charge is -2.05. The largest absolute Gasteiger partial charge is 0.456 e. The molecular weight excluding hydrogens is 534 g/mol. The van der Waals surface area contributed by atoms with Gasteiger partial charge >= 0.3 is 0 Å². The maximum Gasteiger partial charge on any atom is 0.135 e. The molecule has 7 aromatic carbocycles. The molecule has 0 saturated carbocycles. The number of hydrogen-bond donors (Lipinski definition) is 0. The molecule has 0 aliphatic heterocycles. The second-order valence-corrected chi connectivity index (χ2v) is 11.7. The molecule has 10 rings (SSSR count). The zero-order valence-corrected chi connectivity index (χ0v) is 23.8. The first-order valence-electron chi connectivity index (χ1n) is 15.1. The molecule has 0 unspecified atom stereocenters. The summed E-state index contributed by atoms with van der Waals surface area (Å²) in [6.07, 6.45) is 0. The molecule has 44 heavy (non-hydrogen) atoms. The van der Waals surface area contributed by atoms with E-state index < -0.39 is 0 Å². The molecule has 0 bridgehead atoms. The first kappa shape index (κ1) is 23.7. The Morgan fingerprint density at radius 3 is 1.55 bits per heavy atom. The Labute approximate surface area is 252 Å². The monoisotopic (exact) mass is 559 g/mol. The van der Waals surface area contributed by atoms with Crippen LogP contribution in [0.15, 0.2) is 156 Å². The molecule has 0 N–H and O–H groups in total. The van der Waals surface area contributed by atoms with Crippen molar-refractivity contribution in [3.8, 4) is 11.1 Å². The summed E-state index contributed by atoms with van der Waals surface area (Å²) in [6, 6.07) is 55.1. The van der Waals surface area contributed by atoms with Gasteiger partial charge in [-0.2, -0.15) is 0 Å². The van der Waals surface area contributed by atoms with E-state index in [9.17, 15) is 0 Å². The minimum absolute atomic E-state index is 0.919. The van der Waals surface area contributed by atoms with Gasteiger partial charge in [0, 0.05) is 32.3 Å². The minimum atomic E-state index is 0.919. The first-order chi connectivity index (χ1) is 21.8. The lowest BCUT2D eigenvalue weighted by atomic mass is 9.99. The van der Waals surface area contributed by atoms with E-state index in [2.05, 4.69) is 144 Å². The Morgan fingerprint density at radius 2 is 0.795 bits per heavy atom. The third-order valence-corrected chi connectivity index (χ3v) is 9.37. The molecule has 2 nitrogen and oxygen atoms in total. The Bertz CT molecular complexity index is 2830. The van der Waals surface area contributed by atoms with Gasteiger partial charge in [-0.25, -0.2) is 0 Å². The van der Waals surface area contributed by atoms with E-state index >= 15 is 0 Å². The van der Waals surface area contributed by atoms with Crippen molar-refractivity contribution in [3.05, 3.63) is 152 Å². The predicted octanol–water partition coefficient (Wildman–Crippen LogP) is 11.8. The van der Waals surface area contributed by atoms with Gasteiger partial charge in [0.05, 0.1) is 16.6 Å². The van der Waals surface area contributed by atoms with Crippen molar-refractivity contribution in [2.24, 2.45) is 0 Å². The fourth-order valence-electron chi connectivity index (χ4n) is 7.42. The van der Waals surface area contributed by atoms with Crippen LogP contribution in [0, 0.1) is 0 Å². The summed E-state index contributed by atoms with van der Waals surface area (Å²) in [7, 11) is 0. The van der Waals surface area contributed by atoms with Crippen LogP contribution in [0.1, 0.15) is 0 Å². The molecular formula is C42H25NO. The van der Waals surface area contributed by atoms with Crippen LogP contribution in [0.25, 0.3) is 92.7 Å². The SMILES string of the molecule is c1ccc2c(c1)oc1ccc(-c3ccc4c(c3)c3cccc5c6ccccc6c6ccccc6c6ccccc6n4c53)cc12. The average molecular weight is 560 g/mol. The quantitative estimate of drug-likeness (QED) is 0.196. The maximum atomic E-state index is 6.13. The molecule has 3 aromatic heterocycles. The molecule has 10 aromatic rings. The van der Waals surface area contributed by atoms with E-state index in [1.165, 1.54) is 70.8 Å². The summed E-state index contributed by atoms with van der Waals surface area (Å²) in [4.78, 5) is 0. The molecule has 204 valence electrons. The lowest BCUT2D eigenvalue weighted by Crippen LogP contribution is -1.86. The maximum absolute atomic E-state index is 6.13. The molecule has 0 saturated heterocycles. The summed E-state index contributed by atoms with van der Waals surface area (Å²) in [5, 5.41) is 12.3. The highest BCUT2D eigenvalue weighted by Gasteiger charge is 2.16. The van der Waals surface area contributed by atoms with Gasteiger partial charge in [0.1, 0.15) is 11.2 Å². The number of benzene rings is 7. The highest BCUT2D eigenvalue weighted by atomic mass is 16.3. The number of fused-ring (bicyclic) bond motifs is 13. The van der Waals surface area contributed by atoms with Crippen LogP contribution in [0.4, 0.5) is 0 Å². The van der Waals surface area contributed by atoms with E-state index in [1.807, 2.05) is 12.1 Å². The van der Waals surface area contributed by atoms with Gasteiger partial charge in [0.15, 0.2) is 0 Å². The van der Waals surface area contributed by atoms with Crippen LogP contribution in [0.5, 0.6) is 0 Å². The average Bonchev–Trinajstić information content (AvgIpc) is 3.64. The number of para-hydroxylation sites is 3. The fraction of sp³-hybridized carbons (Fsp3) is 0. The van der Waals surface area contributed by atoms with Crippen LogP contribution in [-0.2, 0) is 0 Å². The Hall–Kier alpha value is -5.86. The number of rotatable bonds is 1. The van der Waals surface area contributed by atoms with Gasteiger partial charge in [-0.15, -0.1) is 0 Å². The Kier molecular flexibility index (Phi) is 4.75. The van der Waals surface area contributed by atoms with Crippen molar-refractivity contribution in [2.75, 3.05) is 0 Å². The molecule has 0 aliphatic carbocycles. The van der Waals surface area contributed by atoms with Crippen LogP contribution in [0.3, 0.4) is 0 Å². The second-order valence-electron chi connectivity index (χ2n) is 11.7. The third-order valence-electron chi connectivity index (χ3n) is 9.37. The van der Waals surface area contributed by atoms with E-state index in [0.717, 1.165) is 21.9 Å². The molecule has 0 radical (unpaired) electrons. The van der Waals surface area contributed by atoms with Gasteiger partial charge in [-0.1, -0.05) is 115 Å². The van der Waals surface area contributed by atoms with E-state index in [-0.39, 0.29) is 0 Å². The Morgan fingerprint density at radius 1 is 0.318 bits per heavy atom. The van der Waals surface area contributed by atoms with Gasteiger partial charge in [0.25, 0.3) is 0 Å². The van der Waals surface area contributed by atoms with Crippen LogP contribution in [-0.4, -0.2) is 4.40 Å². The lowest BCUT2D eigenvalue weighted by molar-refractivity contribution is 0.669. The highest BCUT2D eigenvalue weighted by molar-refractivity contribution is 6.25. The Balaban J connectivity index is 1.40. The van der Waals surface area contributed by atoms with E-state index in [1.54, 1.807) is 0 Å². The van der Waals surface area contributed by atoms with Gasteiger partial charge < -0.3 is 8.82 Å². The standard InChI is InChI=1S/C42H25NO/c1-3-12-30-28(10-1)29-11-2-4-13-31(29)34-16-9-17-35-36-24-26(20-22-39(36)43(42(34)35)38-18-7-5-14-32(30)38)27-21-23-41-37(25-27)33-15-6-8-19-40(33)44-41/h1-25H. The van der Waals surface area contributed by atoms with Gasteiger partial charge in [0.2, 0.25) is 0 Å². The highest BCUT2D eigenvalue weighted by Crippen LogP contribution is 2.40. The topological polar surface area (TPSA) is 17.6 Å². The van der Waals surface area contributed by atoms with Crippen LogP contribution in [0.2, 0.25) is 0 Å². The van der Waals surface area contributed by atoms with Crippen molar-refractivity contribution in [2.45, 2.75) is 0 Å².